The highest BCUT2D eigenvalue weighted by molar-refractivity contribution is 7.99. The number of nitrogens with one attached hydrogen (secondary N) is 1. The topological polar surface area (TPSA) is 58.4 Å². The Bertz CT molecular complexity index is 432. The van der Waals surface area contributed by atoms with Crippen LogP contribution in [0.4, 0.5) is 10.7 Å². The van der Waals surface area contributed by atoms with Crippen LogP contribution in [0.1, 0.15) is 36.4 Å². The van der Waals surface area contributed by atoms with E-state index >= 15 is 0 Å². The number of thioether (sulfide) groups is 1. The number of nitrogen functional groups attached to an aromatic ring is 1. The van der Waals surface area contributed by atoms with Gasteiger partial charge in [0.1, 0.15) is 9.88 Å². The van der Waals surface area contributed by atoms with Crippen molar-refractivity contribution in [3.63, 3.8) is 0 Å². The van der Waals surface area contributed by atoms with Crippen LogP contribution in [-0.4, -0.2) is 32.3 Å². The molecule has 1 aromatic rings. The maximum Gasteiger partial charge on any atom is 0.263 e. The van der Waals surface area contributed by atoms with Gasteiger partial charge >= 0.3 is 0 Å². The summed E-state index contributed by atoms with van der Waals surface area (Å²) >= 11 is 3.09. The molecule has 19 heavy (non-hydrogen) atoms. The van der Waals surface area contributed by atoms with E-state index in [9.17, 15) is 4.79 Å². The Morgan fingerprint density at radius 3 is 2.63 bits per heavy atom. The molecule has 1 amide bonds. The van der Waals surface area contributed by atoms with Crippen LogP contribution in [-0.2, 0) is 0 Å². The van der Waals surface area contributed by atoms with Crippen LogP contribution in [0.15, 0.2) is 4.90 Å². The fourth-order valence-electron chi connectivity index (χ4n) is 1.79. The standard InChI is InChI=1S/C13H23N3OS2/c1-5-7-15-12(17)10-9(14)11(18-4)13(19-10)16(3)8-6-2/h5-8,14H2,1-4H3,(H,15,17). The van der Waals surface area contributed by atoms with Gasteiger partial charge < -0.3 is 16.0 Å². The minimum atomic E-state index is -0.0594. The highest BCUT2D eigenvalue weighted by atomic mass is 32.2. The van der Waals surface area contributed by atoms with E-state index in [4.69, 9.17) is 5.73 Å². The van der Waals surface area contributed by atoms with E-state index in [0.717, 1.165) is 29.3 Å². The maximum absolute atomic E-state index is 12.1. The lowest BCUT2D eigenvalue weighted by atomic mass is 10.3. The van der Waals surface area contributed by atoms with E-state index in [2.05, 4.69) is 17.1 Å². The molecule has 1 heterocycles. The normalized spacial score (nSPS) is 10.5. The number of thiophene rings is 1. The number of carbonyl (C=O) groups is 1. The Balaban J connectivity index is 3.04. The summed E-state index contributed by atoms with van der Waals surface area (Å²) in [7, 11) is 2.04. The smallest absolute Gasteiger partial charge is 0.263 e. The number of hydrogen-bond acceptors (Lipinski definition) is 5. The molecule has 0 aromatic carbocycles. The summed E-state index contributed by atoms with van der Waals surface area (Å²) in [4.78, 5) is 15.9. The third-order valence-electron chi connectivity index (χ3n) is 2.73. The van der Waals surface area contributed by atoms with Crippen LogP contribution >= 0.6 is 23.1 Å². The largest absolute Gasteiger partial charge is 0.396 e. The van der Waals surface area contributed by atoms with Crippen molar-refractivity contribution in [2.45, 2.75) is 31.6 Å². The Hall–Kier alpha value is -0.880. The predicted molar refractivity (Wildman–Crippen MR) is 86.7 cm³/mol. The van der Waals surface area contributed by atoms with Gasteiger partial charge in [-0.25, -0.2) is 0 Å². The number of rotatable bonds is 7. The SMILES string of the molecule is CCCNC(=O)c1sc(N(C)CCC)c(SC)c1N. The quantitative estimate of drug-likeness (QED) is 0.760. The average Bonchev–Trinajstić information content (AvgIpc) is 2.73. The summed E-state index contributed by atoms with van der Waals surface area (Å²) < 4.78 is 0. The summed E-state index contributed by atoms with van der Waals surface area (Å²) in [6.45, 7) is 5.82. The third-order valence-corrected chi connectivity index (χ3v) is 5.00. The Morgan fingerprint density at radius 1 is 1.42 bits per heavy atom. The fourth-order valence-corrected chi connectivity index (χ4v) is 3.90. The van der Waals surface area contributed by atoms with Crippen LogP contribution in [0.3, 0.4) is 0 Å². The van der Waals surface area contributed by atoms with Crippen molar-refractivity contribution in [2.24, 2.45) is 0 Å². The third kappa shape index (κ3) is 3.79. The van der Waals surface area contributed by atoms with Crippen molar-refractivity contribution < 1.29 is 4.79 Å². The van der Waals surface area contributed by atoms with Crippen molar-refractivity contribution >= 4 is 39.7 Å². The van der Waals surface area contributed by atoms with E-state index in [-0.39, 0.29) is 5.91 Å². The van der Waals surface area contributed by atoms with Crippen LogP contribution in [0, 0.1) is 0 Å². The molecular weight excluding hydrogens is 278 g/mol. The fraction of sp³-hybridized carbons (Fsp3) is 0.615. The number of amides is 1. The first kappa shape index (κ1) is 16.2. The molecule has 0 radical (unpaired) electrons. The van der Waals surface area contributed by atoms with Crippen LogP contribution in [0.25, 0.3) is 0 Å². The van der Waals surface area contributed by atoms with E-state index in [1.807, 2.05) is 20.2 Å². The second kappa shape index (κ2) is 7.65. The van der Waals surface area contributed by atoms with Gasteiger partial charge in [0.2, 0.25) is 0 Å². The first-order valence-corrected chi connectivity index (χ1v) is 8.56. The number of anilines is 2. The summed E-state index contributed by atoms with van der Waals surface area (Å²) in [5, 5.41) is 3.98. The van der Waals surface area contributed by atoms with Crippen LogP contribution in [0.5, 0.6) is 0 Å². The highest BCUT2D eigenvalue weighted by Crippen LogP contribution is 2.43. The van der Waals surface area contributed by atoms with Gasteiger partial charge in [0.15, 0.2) is 0 Å². The molecule has 0 bridgehead atoms. The van der Waals surface area contributed by atoms with Crippen LogP contribution < -0.4 is 16.0 Å². The van der Waals surface area contributed by atoms with E-state index in [0.29, 0.717) is 17.1 Å². The summed E-state index contributed by atoms with van der Waals surface area (Å²) in [5.74, 6) is -0.0594. The lowest BCUT2D eigenvalue weighted by Crippen LogP contribution is -2.23. The molecule has 4 nitrogen and oxygen atoms in total. The second-order valence-corrected chi connectivity index (χ2v) is 6.18. The van der Waals surface area contributed by atoms with E-state index < -0.39 is 0 Å². The zero-order valence-electron chi connectivity index (χ0n) is 12.1. The molecule has 0 saturated heterocycles. The van der Waals surface area contributed by atoms with Crippen molar-refractivity contribution in [1.82, 2.24) is 5.32 Å². The highest BCUT2D eigenvalue weighted by Gasteiger charge is 2.22. The Kier molecular flexibility index (Phi) is 6.51. The number of nitrogens with two attached hydrogens (primary N) is 1. The van der Waals surface area contributed by atoms with Crippen molar-refractivity contribution in [2.75, 3.05) is 37.0 Å². The molecular formula is C13H23N3OS2. The molecule has 0 unspecified atom stereocenters. The number of carbonyl (C=O) groups excluding carboxylic acids is 1. The molecule has 0 spiro atoms. The Morgan fingerprint density at radius 2 is 2.11 bits per heavy atom. The molecule has 0 fully saturated rings. The van der Waals surface area contributed by atoms with Gasteiger partial charge in [-0.05, 0) is 19.1 Å². The average molecular weight is 301 g/mol. The van der Waals surface area contributed by atoms with Gasteiger partial charge in [-0.1, -0.05) is 13.8 Å². The van der Waals surface area contributed by atoms with Gasteiger partial charge in [0, 0.05) is 20.1 Å². The van der Waals surface area contributed by atoms with Gasteiger partial charge in [0.25, 0.3) is 5.91 Å². The van der Waals surface area contributed by atoms with Gasteiger partial charge in [-0.2, -0.15) is 0 Å². The molecule has 0 aliphatic rings. The summed E-state index contributed by atoms with van der Waals surface area (Å²) in [5.41, 5.74) is 6.74. The molecule has 0 saturated carbocycles. The predicted octanol–water partition coefficient (Wildman–Crippen LogP) is 3.04. The summed E-state index contributed by atoms with van der Waals surface area (Å²) in [6, 6.07) is 0. The van der Waals surface area contributed by atoms with Crippen molar-refractivity contribution in [3.05, 3.63) is 4.88 Å². The number of nitrogens with zero attached hydrogens (tertiary/aromatic N) is 1. The maximum atomic E-state index is 12.1. The van der Waals surface area contributed by atoms with Crippen molar-refractivity contribution in [3.8, 4) is 0 Å². The number of hydrogen-bond donors (Lipinski definition) is 2. The molecule has 0 atom stereocenters. The monoisotopic (exact) mass is 301 g/mol. The lowest BCUT2D eigenvalue weighted by Gasteiger charge is -2.17. The van der Waals surface area contributed by atoms with Crippen molar-refractivity contribution in [1.29, 1.82) is 0 Å². The summed E-state index contributed by atoms with van der Waals surface area (Å²) in [6.07, 6.45) is 3.99. The zero-order chi connectivity index (χ0) is 14.4. The lowest BCUT2D eigenvalue weighted by molar-refractivity contribution is 0.0958. The molecule has 0 aliphatic carbocycles. The zero-order valence-corrected chi connectivity index (χ0v) is 13.7. The first-order valence-electron chi connectivity index (χ1n) is 6.52. The van der Waals surface area contributed by atoms with Gasteiger partial charge in [-0.15, -0.1) is 23.1 Å². The molecule has 0 aliphatic heterocycles. The molecule has 108 valence electrons. The molecule has 6 heteroatoms. The van der Waals surface area contributed by atoms with E-state index in [1.54, 1.807) is 11.8 Å². The Labute approximate surface area is 123 Å². The van der Waals surface area contributed by atoms with Gasteiger partial charge in [0.05, 0.1) is 10.6 Å². The second-order valence-electron chi connectivity index (χ2n) is 4.36. The van der Waals surface area contributed by atoms with E-state index in [1.165, 1.54) is 11.3 Å². The molecule has 1 aromatic heterocycles. The minimum Gasteiger partial charge on any atom is -0.396 e. The molecule has 1 rings (SSSR count). The van der Waals surface area contributed by atoms with Crippen LogP contribution in [0.2, 0.25) is 0 Å². The molecule has 3 N–H and O–H groups in total. The minimum absolute atomic E-state index is 0.0594. The first-order chi connectivity index (χ1) is 9.06. The van der Waals surface area contributed by atoms with Gasteiger partial charge in [-0.3, -0.25) is 4.79 Å².